The number of piperidine rings is 1. The summed E-state index contributed by atoms with van der Waals surface area (Å²) in [6.45, 7) is 9.03. The molecule has 1 saturated heterocycles. The second-order valence-electron chi connectivity index (χ2n) is 7.18. The van der Waals surface area contributed by atoms with E-state index < -0.39 is 5.97 Å². The molecule has 2 rings (SSSR count). The van der Waals surface area contributed by atoms with Crippen molar-refractivity contribution in [1.82, 2.24) is 4.90 Å². The molecule has 23 heavy (non-hydrogen) atoms. The minimum atomic E-state index is -0.678. The largest absolute Gasteiger partial charge is 0.496 e. The smallest absolute Gasteiger partial charge is 0.307 e. The summed E-state index contributed by atoms with van der Waals surface area (Å²) in [5, 5.41) is 9.25. The third-order valence-electron chi connectivity index (χ3n) is 5.19. The lowest BCUT2D eigenvalue weighted by Gasteiger charge is -2.31. The predicted molar refractivity (Wildman–Crippen MR) is 91.9 cm³/mol. The summed E-state index contributed by atoms with van der Waals surface area (Å²) in [5.41, 5.74) is 2.59. The molecule has 4 heteroatoms. The van der Waals surface area contributed by atoms with Crippen molar-refractivity contribution in [2.75, 3.05) is 20.2 Å². The zero-order valence-corrected chi connectivity index (χ0v) is 14.8. The Hall–Kier alpha value is -1.55. The van der Waals surface area contributed by atoms with E-state index in [4.69, 9.17) is 4.74 Å². The number of hydrogen-bond acceptors (Lipinski definition) is 3. The third-order valence-corrected chi connectivity index (χ3v) is 5.19. The van der Waals surface area contributed by atoms with Gasteiger partial charge >= 0.3 is 5.97 Å². The minimum absolute atomic E-state index is 0.131. The van der Waals surface area contributed by atoms with E-state index in [-0.39, 0.29) is 11.3 Å². The van der Waals surface area contributed by atoms with Gasteiger partial charge in [0.25, 0.3) is 0 Å². The molecule has 1 aromatic rings. The molecular formula is C19H29NO3. The van der Waals surface area contributed by atoms with Crippen molar-refractivity contribution in [3.8, 4) is 5.75 Å². The quantitative estimate of drug-likeness (QED) is 0.869. The van der Waals surface area contributed by atoms with E-state index >= 15 is 0 Å². The van der Waals surface area contributed by atoms with E-state index in [0.717, 1.165) is 43.7 Å². The van der Waals surface area contributed by atoms with Gasteiger partial charge in [0.05, 0.1) is 13.0 Å². The number of carbonyl (C=O) groups is 1. The van der Waals surface area contributed by atoms with E-state index in [9.17, 15) is 9.90 Å². The third kappa shape index (κ3) is 4.25. The van der Waals surface area contributed by atoms with Crippen LogP contribution in [-0.4, -0.2) is 36.2 Å². The zero-order chi connectivity index (χ0) is 17.0. The summed E-state index contributed by atoms with van der Waals surface area (Å²) >= 11 is 0. The molecule has 1 unspecified atom stereocenters. The fourth-order valence-corrected chi connectivity index (χ4v) is 3.17. The standard InChI is InChI=1S/C19H29NO3/c1-5-19(2,3)16-8-9-17(23-4)15(11-16)13-20-10-6-7-14(12-20)18(21)22/h8-9,11,14H,5-7,10,12-13H2,1-4H3,(H,21,22). The van der Waals surface area contributed by atoms with Crippen molar-refractivity contribution in [2.24, 2.45) is 5.92 Å². The lowest BCUT2D eigenvalue weighted by molar-refractivity contribution is -0.143. The number of methoxy groups -OCH3 is 1. The van der Waals surface area contributed by atoms with Crippen LogP contribution in [0.4, 0.5) is 0 Å². The average Bonchev–Trinajstić information content (AvgIpc) is 2.55. The van der Waals surface area contributed by atoms with Crippen LogP contribution in [0.5, 0.6) is 5.75 Å². The van der Waals surface area contributed by atoms with Crippen molar-refractivity contribution in [1.29, 1.82) is 0 Å². The molecule has 0 bridgehead atoms. The molecule has 1 N–H and O–H groups in total. The van der Waals surface area contributed by atoms with Crippen molar-refractivity contribution < 1.29 is 14.6 Å². The lowest BCUT2D eigenvalue weighted by atomic mass is 9.81. The number of carboxylic acid groups (broad SMARTS) is 1. The summed E-state index contributed by atoms with van der Waals surface area (Å²) in [6.07, 6.45) is 2.80. The number of hydrogen-bond donors (Lipinski definition) is 1. The van der Waals surface area contributed by atoms with Crippen LogP contribution < -0.4 is 4.74 Å². The molecule has 0 aliphatic carbocycles. The highest BCUT2D eigenvalue weighted by atomic mass is 16.5. The fraction of sp³-hybridized carbons (Fsp3) is 0.632. The number of nitrogens with zero attached hydrogens (tertiary/aromatic N) is 1. The Morgan fingerprint density at radius 2 is 2.17 bits per heavy atom. The van der Waals surface area contributed by atoms with Crippen LogP contribution in [0.25, 0.3) is 0 Å². The molecule has 1 aliphatic rings. The lowest BCUT2D eigenvalue weighted by Crippen LogP contribution is -2.38. The van der Waals surface area contributed by atoms with Gasteiger partial charge < -0.3 is 9.84 Å². The Bertz CT molecular complexity index is 554. The Morgan fingerprint density at radius 3 is 2.78 bits per heavy atom. The maximum atomic E-state index is 11.2. The molecule has 0 amide bonds. The second kappa shape index (κ2) is 7.35. The molecule has 1 fully saturated rings. The van der Waals surface area contributed by atoms with Gasteiger partial charge in [-0.05, 0) is 42.9 Å². The number of ether oxygens (including phenoxy) is 1. The molecule has 0 spiro atoms. The van der Waals surface area contributed by atoms with Gasteiger partial charge in [-0.15, -0.1) is 0 Å². The summed E-state index contributed by atoms with van der Waals surface area (Å²) in [6, 6.07) is 6.41. The summed E-state index contributed by atoms with van der Waals surface area (Å²) in [5.74, 6) is -0.0364. The average molecular weight is 319 g/mol. The van der Waals surface area contributed by atoms with E-state index in [2.05, 4.69) is 37.8 Å². The Balaban J connectivity index is 2.20. The Morgan fingerprint density at radius 1 is 1.43 bits per heavy atom. The first-order valence-electron chi connectivity index (χ1n) is 8.50. The van der Waals surface area contributed by atoms with Gasteiger partial charge in [0.15, 0.2) is 0 Å². The van der Waals surface area contributed by atoms with Crippen LogP contribution in [0, 0.1) is 5.92 Å². The summed E-state index contributed by atoms with van der Waals surface area (Å²) in [7, 11) is 1.69. The first kappa shape index (κ1) is 17.8. The monoisotopic (exact) mass is 319 g/mol. The molecule has 4 nitrogen and oxygen atoms in total. The highest BCUT2D eigenvalue weighted by Gasteiger charge is 2.26. The van der Waals surface area contributed by atoms with Crippen LogP contribution in [0.15, 0.2) is 18.2 Å². The SMILES string of the molecule is CCC(C)(C)c1ccc(OC)c(CN2CCCC(C(=O)O)C2)c1. The highest BCUT2D eigenvalue weighted by molar-refractivity contribution is 5.70. The van der Waals surface area contributed by atoms with Crippen LogP contribution >= 0.6 is 0 Å². The van der Waals surface area contributed by atoms with E-state index in [0.29, 0.717) is 6.54 Å². The van der Waals surface area contributed by atoms with E-state index in [1.165, 1.54) is 5.56 Å². The first-order chi connectivity index (χ1) is 10.9. The minimum Gasteiger partial charge on any atom is -0.496 e. The van der Waals surface area contributed by atoms with Crippen molar-refractivity contribution in [3.05, 3.63) is 29.3 Å². The molecule has 1 heterocycles. The fourth-order valence-electron chi connectivity index (χ4n) is 3.17. The number of likely N-dealkylation sites (tertiary alicyclic amines) is 1. The normalized spacial score (nSPS) is 19.6. The topological polar surface area (TPSA) is 49.8 Å². The van der Waals surface area contributed by atoms with Gasteiger partial charge in [0, 0.05) is 18.7 Å². The predicted octanol–water partition coefficient (Wildman–Crippen LogP) is 3.68. The van der Waals surface area contributed by atoms with Crippen LogP contribution in [-0.2, 0) is 16.8 Å². The van der Waals surface area contributed by atoms with Gasteiger partial charge in [-0.3, -0.25) is 9.69 Å². The Labute approximate surface area is 139 Å². The van der Waals surface area contributed by atoms with Crippen LogP contribution in [0.3, 0.4) is 0 Å². The summed E-state index contributed by atoms with van der Waals surface area (Å²) < 4.78 is 5.52. The first-order valence-corrected chi connectivity index (χ1v) is 8.50. The van der Waals surface area contributed by atoms with Crippen molar-refractivity contribution >= 4 is 5.97 Å². The van der Waals surface area contributed by atoms with Gasteiger partial charge in [-0.2, -0.15) is 0 Å². The highest BCUT2D eigenvalue weighted by Crippen LogP contribution is 2.32. The van der Waals surface area contributed by atoms with Gasteiger partial charge in [0.2, 0.25) is 0 Å². The molecule has 128 valence electrons. The molecule has 1 atom stereocenters. The number of aliphatic carboxylic acids is 1. The molecular weight excluding hydrogens is 290 g/mol. The Kier molecular flexibility index (Phi) is 5.69. The number of benzene rings is 1. The van der Waals surface area contributed by atoms with Gasteiger partial charge in [-0.25, -0.2) is 0 Å². The number of rotatable bonds is 6. The summed E-state index contributed by atoms with van der Waals surface area (Å²) in [4.78, 5) is 13.5. The van der Waals surface area contributed by atoms with Crippen molar-refractivity contribution in [2.45, 2.75) is 52.0 Å². The van der Waals surface area contributed by atoms with Gasteiger partial charge in [-0.1, -0.05) is 32.9 Å². The van der Waals surface area contributed by atoms with Crippen molar-refractivity contribution in [3.63, 3.8) is 0 Å². The second-order valence-corrected chi connectivity index (χ2v) is 7.18. The zero-order valence-electron chi connectivity index (χ0n) is 14.8. The van der Waals surface area contributed by atoms with Gasteiger partial charge in [0.1, 0.15) is 5.75 Å². The molecule has 0 radical (unpaired) electrons. The molecule has 0 saturated carbocycles. The number of carboxylic acids is 1. The maximum absolute atomic E-state index is 11.2. The van der Waals surface area contributed by atoms with E-state index in [1.807, 2.05) is 6.07 Å². The maximum Gasteiger partial charge on any atom is 0.307 e. The molecule has 1 aliphatic heterocycles. The van der Waals surface area contributed by atoms with Crippen LogP contribution in [0.1, 0.15) is 51.2 Å². The van der Waals surface area contributed by atoms with Crippen LogP contribution in [0.2, 0.25) is 0 Å². The molecule has 0 aromatic heterocycles. The van der Waals surface area contributed by atoms with E-state index in [1.54, 1.807) is 7.11 Å². The molecule has 1 aromatic carbocycles.